The number of rotatable bonds is 11. The van der Waals surface area contributed by atoms with Crippen molar-refractivity contribution < 1.29 is 14.3 Å². The highest BCUT2D eigenvalue weighted by atomic mass is 16.5. The molecule has 0 aliphatic carbocycles. The van der Waals surface area contributed by atoms with Crippen LogP contribution in [-0.4, -0.2) is 53.0 Å². The van der Waals surface area contributed by atoms with Gasteiger partial charge >= 0.3 is 0 Å². The first-order chi connectivity index (χ1) is 13.9. The zero-order valence-corrected chi connectivity index (χ0v) is 18.0. The van der Waals surface area contributed by atoms with Crippen molar-refractivity contribution in [3.63, 3.8) is 0 Å². The summed E-state index contributed by atoms with van der Waals surface area (Å²) in [5.74, 6) is 0.165. The number of amides is 2. The van der Waals surface area contributed by atoms with Crippen molar-refractivity contribution in [2.24, 2.45) is 13.0 Å². The first-order valence-corrected chi connectivity index (χ1v) is 10.1. The Hall–Kier alpha value is -2.60. The first-order valence-electron chi connectivity index (χ1n) is 10.1. The molecule has 0 aliphatic heterocycles. The monoisotopic (exact) mass is 399 g/mol. The van der Waals surface area contributed by atoms with Gasteiger partial charge in [0.25, 0.3) is 0 Å². The normalized spacial score (nSPS) is 10.9. The molecule has 1 heterocycles. The molecule has 0 radical (unpaired) electrons. The van der Waals surface area contributed by atoms with Gasteiger partial charge in [-0.1, -0.05) is 44.2 Å². The molecular weight excluding hydrogens is 366 g/mol. The zero-order chi connectivity index (χ0) is 21.2. The number of aromatic nitrogens is 1. The van der Waals surface area contributed by atoms with Gasteiger partial charge in [0.15, 0.2) is 0 Å². The summed E-state index contributed by atoms with van der Waals surface area (Å²) in [7, 11) is 3.57. The molecule has 0 saturated carbocycles. The Balaban J connectivity index is 2.16. The lowest BCUT2D eigenvalue weighted by molar-refractivity contribution is -0.142. The molecule has 1 aromatic carbocycles. The van der Waals surface area contributed by atoms with Gasteiger partial charge in [-0.2, -0.15) is 0 Å². The van der Waals surface area contributed by atoms with Crippen molar-refractivity contribution in [1.29, 1.82) is 0 Å². The molecule has 0 saturated heterocycles. The predicted molar refractivity (Wildman–Crippen MR) is 114 cm³/mol. The van der Waals surface area contributed by atoms with Crippen LogP contribution >= 0.6 is 0 Å². The lowest BCUT2D eigenvalue weighted by Crippen LogP contribution is -2.44. The molecule has 0 aliphatic rings. The molecule has 0 unspecified atom stereocenters. The fraction of sp³-hybridized carbons (Fsp3) is 0.478. The highest BCUT2D eigenvalue weighted by Gasteiger charge is 2.22. The van der Waals surface area contributed by atoms with E-state index >= 15 is 0 Å². The van der Waals surface area contributed by atoms with Crippen LogP contribution in [0.15, 0.2) is 48.7 Å². The van der Waals surface area contributed by atoms with E-state index in [9.17, 15) is 9.59 Å². The first kappa shape index (κ1) is 22.7. The fourth-order valence-electron chi connectivity index (χ4n) is 3.13. The van der Waals surface area contributed by atoms with Crippen LogP contribution in [0.1, 0.15) is 31.5 Å². The number of carbonyl (C=O) groups is 2. The number of hydrogen-bond acceptors (Lipinski definition) is 3. The molecule has 0 atom stereocenters. The molecule has 2 amide bonds. The zero-order valence-electron chi connectivity index (χ0n) is 18.0. The summed E-state index contributed by atoms with van der Waals surface area (Å²) >= 11 is 0. The minimum absolute atomic E-state index is 0.0103. The summed E-state index contributed by atoms with van der Waals surface area (Å²) in [6.07, 6.45) is 2.39. The Kier molecular flexibility index (Phi) is 8.93. The fourth-order valence-corrected chi connectivity index (χ4v) is 3.13. The molecule has 2 rings (SSSR count). The van der Waals surface area contributed by atoms with Crippen LogP contribution in [0, 0.1) is 5.92 Å². The standard InChI is InChI=1S/C23H33N3O3/c1-19(2)15-22(27)25(13-14-29-4)18-23(28)26(16-20-9-6-5-7-10-20)17-21-11-8-12-24(21)3/h5-12,19H,13-18H2,1-4H3. The molecule has 6 nitrogen and oxygen atoms in total. The maximum atomic E-state index is 13.2. The van der Waals surface area contributed by atoms with Crippen LogP contribution in [0.25, 0.3) is 0 Å². The summed E-state index contributed by atoms with van der Waals surface area (Å²) in [5, 5.41) is 0. The molecule has 0 bridgehead atoms. The molecule has 0 fully saturated rings. The minimum Gasteiger partial charge on any atom is -0.383 e. The van der Waals surface area contributed by atoms with Crippen molar-refractivity contribution in [1.82, 2.24) is 14.4 Å². The van der Waals surface area contributed by atoms with Crippen molar-refractivity contribution >= 4 is 11.8 Å². The molecule has 0 spiro atoms. The molecule has 1 aromatic heterocycles. The summed E-state index contributed by atoms with van der Waals surface area (Å²) in [4.78, 5) is 29.3. The average molecular weight is 400 g/mol. The Bertz CT molecular complexity index is 771. The topological polar surface area (TPSA) is 54.8 Å². The third-order valence-corrected chi connectivity index (χ3v) is 4.80. The second kappa shape index (κ2) is 11.4. The lowest BCUT2D eigenvalue weighted by atomic mass is 10.1. The molecule has 29 heavy (non-hydrogen) atoms. The number of methoxy groups -OCH3 is 1. The summed E-state index contributed by atoms with van der Waals surface area (Å²) < 4.78 is 7.16. The van der Waals surface area contributed by atoms with Crippen LogP contribution in [0.4, 0.5) is 0 Å². The van der Waals surface area contributed by atoms with Crippen LogP contribution in [0.3, 0.4) is 0 Å². The van der Waals surface area contributed by atoms with Gasteiger partial charge in [-0.15, -0.1) is 0 Å². The van der Waals surface area contributed by atoms with Gasteiger partial charge in [-0.3, -0.25) is 9.59 Å². The number of ether oxygens (including phenoxy) is 1. The van der Waals surface area contributed by atoms with Gasteiger partial charge in [0.05, 0.1) is 19.7 Å². The third kappa shape index (κ3) is 7.38. The highest BCUT2D eigenvalue weighted by molar-refractivity contribution is 5.85. The van der Waals surface area contributed by atoms with E-state index in [0.29, 0.717) is 32.7 Å². The van der Waals surface area contributed by atoms with E-state index in [-0.39, 0.29) is 24.3 Å². The summed E-state index contributed by atoms with van der Waals surface area (Å²) in [6.45, 7) is 5.89. The van der Waals surface area contributed by atoms with E-state index in [1.165, 1.54) is 0 Å². The van der Waals surface area contributed by atoms with Gasteiger partial charge < -0.3 is 19.1 Å². The number of nitrogens with zero attached hydrogens (tertiary/aromatic N) is 3. The van der Waals surface area contributed by atoms with Gasteiger partial charge in [0, 0.05) is 45.6 Å². The largest absolute Gasteiger partial charge is 0.383 e. The van der Waals surface area contributed by atoms with E-state index < -0.39 is 0 Å². The highest BCUT2D eigenvalue weighted by Crippen LogP contribution is 2.12. The van der Waals surface area contributed by atoms with E-state index in [1.54, 1.807) is 12.0 Å². The second-order valence-corrected chi connectivity index (χ2v) is 7.75. The van der Waals surface area contributed by atoms with Gasteiger partial charge in [0.1, 0.15) is 0 Å². The van der Waals surface area contributed by atoms with Gasteiger partial charge in [0.2, 0.25) is 11.8 Å². The van der Waals surface area contributed by atoms with E-state index in [4.69, 9.17) is 4.74 Å². The summed E-state index contributed by atoms with van der Waals surface area (Å²) in [5.41, 5.74) is 2.11. The molecule has 2 aromatic rings. The summed E-state index contributed by atoms with van der Waals surface area (Å²) in [6, 6.07) is 13.9. The quantitative estimate of drug-likeness (QED) is 0.584. The van der Waals surface area contributed by atoms with Crippen molar-refractivity contribution in [2.45, 2.75) is 33.4 Å². The smallest absolute Gasteiger partial charge is 0.242 e. The predicted octanol–water partition coefficient (Wildman–Crippen LogP) is 3.08. The third-order valence-electron chi connectivity index (χ3n) is 4.80. The van der Waals surface area contributed by atoms with Crippen LogP contribution in [0.5, 0.6) is 0 Å². The Morgan fingerprint density at radius 3 is 2.31 bits per heavy atom. The van der Waals surface area contributed by atoms with Gasteiger partial charge in [-0.05, 0) is 23.6 Å². The Labute approximate surface area is 174 Å². The van der Waals surface area contributed by atoms with Gasteiger partial charge in [-0.25, -0.2) is 0 Å². The van der Waals surface area contributed by atoms with Crippen LogP contribution < -0.4 is 0 Å². The Morgan fingerprint density at radius 1 is 1.00 bits per heavy atom. The number of benzene rings is 1. The number of aryl methyl sites for hydroxylation is 1. The molecule has 0 N–H and O–H groups in total. The Morgan fingerprint density at radius 2 is 1.72 bits per heavy atom. The van der Waals surface area contributed by atoms with Crippen molar-refractivity contribution in [3.05, 3.63) is 59.9 Å². The van der Waals surface area contributed by atoms with E-state index in [0.717, 1.165) is 11.3 Å². The molecular formula is C23H33N3O3. The number of hydrogen-bond donors (Lipinski definition) is 0. The minimum atomic E-state index is -0.0664. The average Bonchev–Trinajstić information content (AvgIpc) is 3.09. The van der Waals surface area contributed by atoms with E-state index in [2.05, 4.69) is 0 Å². The number of carbonyl (C=O) groups excluding carboxylic acids is 2. The molecule has 6 heteroatoms. The molecule has 158 valence electrons. The van der Waals surface area contributed by atoms with Crippen LogP contribution in [-0.2, 0) is 34.5 Å². The lowest BCUT2D eigenvalue weighted by Gasteiger charge is -2.28. The maximum Gasteiger partial charge on any atom is 0.242 e. The van der Waals surface area contributed by atoms with Crippen LogP contribution in [0.2, 0.25) is 0 Å². The van der Waals surface area contributed by atoms with Crippen molar-refractivity contribution in [2.75, 3.05) is 26.8 Å². The second-order valence-electron chi connectivity index (χ2n) is 7.75. The van der Waals surface area contributed by atoms with E-state index in [1.807, 2.05) is 79.0 Å². The van der Waals surface area contributed by atoms with Crippen molar-refractivity contribution in [3.8, 4) is 0 Å². The SMILES string of the molecule is COCCN(CC(=O)N(Cc1ccccc1)Cc1cccn1C)C(=O)CC(C)C. The maximum absolute atomic E-state index is 13.2.